The van der Waals surface area contributed by atoms with Crippen LogP contribution >= 0.6 is 12.4 Å². The van der Waals surface area contributed by atoms with Crippen molar-refractivity contribution in [2.75, 3.05) is 0 Å². The molecule has 1 atom stereocenters. The van der Waals surface area contributed by atoms with Crippen molar-refractivity contribution in [3.05, 3.63) is 53.4 Å². The number of nitrogens with zero attached hydrogens (tertiary/aromatic N) is 3. The molecule has 0 amide bonds. The molecule has 1 aromatic heterocycles. The Labute approximate surface area is 110 Å². The van der Waals surface area contributed by atoms with Crippen LogP contribution in [-0.4, -0.2) is 14.7 Å². The molecule has 0 aliphatic rings. The fraction of sp³-hybridized carbons (Fsp3) is 0.167. The SMILES string of the molecule is Cl.Cn1cncc1C(O)c1ccc(C#N)c(F)c1. The first-order valence-electron chi connectivity index (χ1n) is 4.97. The highest BCUT2D eigenvalue weighted by molar-refractivity contribution is 5.85. The lowest BCUT2D eigenvalue weighted by Gasteiger charge is -2.11. The average Bonchev–Trinajstić information content (AvgIpc) is 2.74. The lowest BCUT2D eigenvalue weighted by molar-refractivity contribution is 0.211. The predicted octanol–water partition coefficient (Wildman–Crippen LogP) is 1.93. The van der Waals surface area contributed by atoms with Crippen molar-refractivity contribution in [2.24, 2.45) is 7.05 Å². The molecular weight excluding hydrogens is 257 g/mol. The molecule has 1 unspecified atom stereocenters. The van der Waals surface area contributed by atoms with Crippen molar-refractivity contribution in [3.63, 3.8) is 0 Å². The van der Waals surface area contributed by atoms with E-state index in [1.54, 1.807) is 24.0 Å². The maximum atomic E-state index is 13.4. The first kappa shape index (κ1) is 14.2. The lowest BCUT2D eigenvalue weighted by atomic mass is 10.0. The number of benzene rings is 1. The minimum Gasteiger partial charge on any atom is -0.382 e. The van der Waals surface area contributed by atoms with Gasteiger partial charge >= 0.3 is 0 Å². The molecular formula is C12H11ClFN3O. The Balaban J connectivity index is 0.00000162. The zero-order valence-corrected chi connectivity index (χ0v) is 10.4. The highest BCUT2D eigenvalue weighted by atomic mass is 35.5. The molecule has 1 aromatic carbocycles. The van der Waals surface area contributed by atoms with E-state index < -0.39 is 11.9 Å². The van der Waals surface area contributed by atoms with Gasteiger partial charge in [-0.2, -0.15) is 5.26 Å². The molecule has 0 saturated heterocycles. The monoisotopic (exact) mass is 267 g/mol. The number of aryl methyl sites for hydroxylation is 1. The molecule has 0 bridgehead atoms. The van der Waals surface area contributed by atoms with Crippen LogP contribution in [0.2, 0.25) is 0 Å². The van der Waals surface area contributed by atoms with Gasteiger partial charge in [0.15, 0.2) is 0 Å². The normalized spacial score (nSPS) is 11.4. The Kier molecular flexibility index (Phi) is 4.43. The second-order valence-corrected chi connectivity index (χ2v) is 3.68. The molecule has 1 N–H and O–H groups in total. The topological polar surface area (TPSA) is 61.8 Å². The third kappa shape index (κ3) is 2.50. The van der Waals surface area contributed by atoms with Crippen LogP contribution in [0.25, 0.3) is 0 Å². The number of aromatic nitrogens is 2. The molecule has 2 aromatic rings. The van der Waals surface area contributed by atoms with Gasteiger partial charge in [-0.3, -0.25) is 0 Å². The highest BCUT2D eigenvalue weighted by Crippen LogP contribution is 2.22. The summed E-state index contributed by atoms with van der Waals surface area (Å²) in [6.45, 7) is 0. The van der Waals surface area contributed by atoms with Gasteiger partial charge in [0.05, 0.1) is 23.8 Å². The fourth-order valence-electron chi connectivity index (χ4n) is 1.59. The van der Waals surface area contributed by atoms with Gasteiger partial charge in [-0.05, 0) is 17.7 Å². The Bertz CT molecular complexity index is 591. The maximum absolute atomic E-state index is 13.4. The van der Waals surface area contributed by atoms with E-state index in [1.807, 2.05) is 0 Å². The molecule has 4 nitrogen and oxygen atoms in total. The molecule has 0 aliphatic carbocycles. The second-order valence-electron chi connectivity index (χ2n) is 3.68. The average molecular weight is 268 g/mol. The minimum atomic E-state index is -0.954. The minimum absolute atomic E-state index is 0. The number of aliphatic hydroxyl groups excluding tert-OH is 1. The zero-order valence-electron chi connectivity index (χ0n) is 9.54. The molecule has 0 fully saturated rings. The van der Waals surface area contributed by atoms with Crippen molar-refractivity contribution in [1.82, 2.24) is 9.55 Å². The molecule has 6 heteroatoms. The summed E-state index contributed by atoms with van der Waals surface area (Å²) < 4.78 is 15.1. The maximum Gasteiger partial charge on any atom is 0.141 e. The summed E-state index contributed by atoms with van der Waals surface area (Å²) in [6.07, 6.45) is 2.11. The predicted molar refractivity (Wildman–Crippen MR) is 65.6 cm³/mol. The third-order valence-corrected chi connectivity index (χ3v) is 2.56. The quantitative estimate of drug-likeness (QED) is 0.904. The van der Waals surface area contributed by atoms with Gasteiger partial charge < -0.3 is 9.67 Å². The standard InChI is InChI=1S/C12H10FN3O.ClH/c1-16-7-15-6-11(16)12(17)8-2-3-9(5-14)10(13)4-8;/h2-4,6-7,12,17H,1H3;1H. The van der Waals surface area contributed by atoms with E-state index in [9.17, 15) is 9.50 Å². The van der Waals surface area contributed by atoms with Crippen LogP contribution in [0.4, 0.5) is 4.39 Å². The number of nitriles is 1. The number of hydrogen-bond acceptors (Lipinski definition) is 3. The van der Waals surface area contributed by atoms with Gasteiger partial charge in [-0.1, -0.05) is 6.07 Å². The largest absolute Gasteiger partial charge is 0.382 e. The van der Waals surface area contributed by atoms with Crippen LogP contribution in [0, 0.1) is 17.1 Å². The van der Waals surface area contributed by atoms with Crippen LogP contribution in [0.1, 0.15) is 22.9 Å². The van der Waals surface area contributed by atoms with Gasteiger partial charge in [0.25, 0.3) is 0 Å². The Morgan fingerprint density at radius 2 is 2.22 bits per heavy atom. The van der Waals surface area contributed by atoms with Gasteiger partial charge in [0.1, 0.15) is 18.0 Å². The summed E-state index contributed by atoms with van der Waals surface area (Å²) in [7, 11) is 1.74. The molecule has 94 valence electrons. The zero-order chi connectivity index (χ0) is 12.4. The second kappa shape index (κ2) is 5.63. The summed E-state index contributed by atoms with van der Waals surface area (Å²) in [6, 6.07) is 5.77. The highest BCUT2D eigenvalue weighted by Gasteiger charge is 2.15. The number of halogens is 2. The van der Waals surface area contributed by atoms with Crippen LogP contribution in [-0.2, 0) is 7.05 Å². The summed E-state index contributed by atoms with van der Waals surface area (Å²) in [4.78, 5) is 3.88. The first-order valence-corrected chi connectivity index (χ1v) is 4.97. The van der Waals surface area contributed by atoms with E-state index >= 15 is 0 Å². The van der Waals surface area contributed by atoms with E-state index in [4.69, 9.17) is 5.26 Å². The van der Waals surface area contributed by atoms with Crippen molar-refractivity contribution < 1.29 is 9.50 Å². The Hall–Kier alpha value is -1.90. The molecule has 0 saturated carbocycles. The Morgan fingerprint density at radius 1 is 1.50 bits per heavy atom. The van der Waals surface area contributed by atoms with E-state index in [-0.39, 0.29) is 18.0 Å². The van der Waals surface area contributed by atoms with Gasteiger partial charge in [0.2, 0.25) is 0 Å². The molecule has 18 heavy (non-hydrogen) atoms. The summed E-state index contributed by atoms with van der Waals surface area (Å²) in [5, 5.41) is 18.6. The van der Waals surface area contributed by atoms with Crippen molar-refractivity contribution in [3.8, 4) is 6.07 Å². The Morgan fingerprint density at radius 3 is 2.72 bits per heavy atom. The third-order valence-electron chi connectivity index (χ3n) is 2.56. The van der Waals surface area contributed by atoms with Crippen molar-refractivity contribution >= 4 is 12.4 Å². The van der Waals surface area contributed by atoms with E-state index in [0.717, 1.165) is 6.07 Å². The van der Waals surface area contributed by atoms with E-state index in [0.29, 0.717) is 11.3 Å². The van der Waals surface area contributed by atoms with Crippen LogP contribution in [0.3, 0.4) is 0 Å². The summed E-state index contributed by atoms with van der Waals surface area (Å²) >= 11 is 0. The smallest absolute Gasteiger partial charge is 0.141 e. The molecule has 2 rings (SSSR count). The number of aliphatic hydroxyl groups is 1. The van der Waals surface area contributed by atoms with E-state index in [1.165, 1.54) is 18.3 Å². The van der Waals surface area contributed by atoms with Gasteiger partial charge in [-0.15, -0.1) is 12.4 Å². The molecule has 0 spiro atoms. The van der Waals surface area contributed by atoms with Gasteiger partial charge in [0, 0.05) is 7.05 Å². The first-order chi connectivity index (χ1) is 8.13. The lowest BCUT2D eigenvalue weighted by Crippen LogP contribution is -2.05. The molecule has 0 radical (unpaired) electrons. The van der Waals surface area contributed by atoms with Gasteiger partial charge in [-0.25, -0.2) is 9.37 Å². The van der Waals surface area contributed by atoms with Crippen LogP contribution in [0.15, 0.2) is 30.7 Å². The van der Waals surface area contributed by atoms with E-state index in [2.05, 4.69) is 4.98 Å². The van der Waals surface area contributed by atoms with Crippen molar-refractivity contribution in [2.45, 2.75) is 6.10 Å². The summed E-state index contributed by atoms with van der Waals surface area (Å²) in [5.41, 5.74) is 0.921. The van der Waals surface area contributed by atoms with Crippen molar-refractivity contribution in [1.29, 1.82) is 5.26 Å². The molecule has 1 heterocycles. The summed E-state index contributed by atoms with van der Waals surface area (Å²) in [5.74, 6) is -0.633. The number of hydrogen-bond donors (Lipinski definition) is 1. The number of rotatable bonds is 2. The fourth-order valence-corrected chi connectivity index (χ4v) is 1.59. The van der Waals surface area contributed by atoms with Crippen LogP contribution < -0.4 is 0 Å². The van der Waals surface area contributed by atoms with Crippen LogP contribution in [0.5, 0.6) is 0 Å². The molecule has 0 aliphatic heterocycles. The number of imidazole rings is 1.